The summed E-state index contributed by atoms with van der Waals surface area (Å²) in [7, 11) is 0. The summed E-state index contributed by atoms with van der Waals surface area (Å²) in [6, 6.07) is 3.48. The molecule has 1 aromatic rings. The van der Waals surface area contributed by atoms with Gasteiger partial charge in [0.1, 0.15) is 5.82 Å². The number of unbranched alkanes of at least 4 members (excludes halogenated alkanes) is 1. The number of aldehydes is 1. The van der Waals surface area contributed by atoms with Crippen molar-refractivity contribution in [1.82, 2.24) is 4.98 Å². The van der Waals surface area contributed by atoms with Gasteiger partial charge >= 0.3 is 0 Å². The van der Waals surface area contributed by atoms with Crippen LogP contribution in [0.5, 0.6) is 0 Å². The number of aromatic nitrogens is 1. The molecule has 0 saturated heterocycles. The lowest BCUT2D eigenvalue weighted by Crippen LogP contribution is -2.29. The number of pyridine rings is 1. The van der Waals surface area contributed by atoms with Crippen molar-refractivity contribution in [2.45, 2.75) is 19.8 Å². The van der Waals surface area contributed by atoms with Crippen LogP contribution in [-0.4, -0.2) is 36.1 Å². The predicted octanol–water partition coefficient (Wildman–Crippen LogP) is 1.49. The van der Waals surface area contributed by atoms with Gasteiger partial charge in [0.15, 0.2) is 6.29 Å². The van der Waals surface area contributed by atoms with Gasteiger partial charge in [0.2, 0.25) is 0 Å². The highest BCUT2D eigenvalue weighted by atomic mass is 16.3. The van der Waals surface area contributed by atoms with E-state index in [4.69, 9.17) is 5.11 Å². The van der Waals surface area contributed by atoms with Crippen molar-refractivity contribution >= 4 is 12.1 Å². The molecule has 0 spiro atoms. The second-order valence-electron chi connectivity index (χ2n) is 3.60. The van der Waals surface area contributed by atoms with Gasteiger partial charge in [-0.05, 0) is 18.6 Å². The maximum absolute atomic E-state index is 10.9. The molecule has 0 aliphatic heterocycles. The van der Waals surface area contributed by atoms with Crippen LogP contribution in [0.2, 0.25) is 0 Å². The fourth-order valence-corrected chi connectivity index (χ4v) is 1.56. The molecule has 4 nitrogen and oxygen atoms in total. The zero-order valence-electron chi connectivity index (χ0n) is 9.59. The minimum atomic E-state index is 0.0680. The number of hydrogen-bond acceptors (Lipinski definition) is 4. The lowest BCUT2D eigenvalue weighted by Gasteiger charge is -2.23. The summed E-state index contributed by atoms with van der Waals surface area (Å²) in [6.45, 7) is 3.50. The van der Waals surface area contributed by atoms with E-state index in [1.165, 1.54) is 0 Å². The van der Waals surface area contributed by atoms with Crippen LogP contribution in [0.4, 0.5) is 5.82 Å². The van der Waals surface area contributed by atoms with Crippen molar-refractivity contribution in [3.05, 3.63) is 23.9 Å². The van der Waals surface area contributed by atoms with E-state index in [2.05, 4.69) is 11.9 Å². The second kappa shape index (κ2) is 6.95. The third-order valence-electron chi connectivity index (χ3n) is 2.39. The molecular weight excluding hydrogens is 204 g/mol. The van der Waals surface area contributed by atoms with Crippen LogP contribution in [0, 0.1) is 0 Å². The quantitative estimate of drug-likeness (QED) is 0.710. The molecular formula is C12H18N2O2. The van der Waals surface area contributed by atoms with E-state index < -0.39 is 0 Å². The van der Waals surface area contributed by atoms with Gasteiger partial charge in [0, 0.05) is 19.3 Å². The van der Waals surface area contributed by atoms with Gasteiger partial charge in [-0.1, -0.05) is 13.3 Å². The summed E-state index contributed by atoms with van der Waals surface area (Å²) < 4.78 is 0. The number of aliphatic hydroxyl groups excluding tert-OH is 1. The molecule has 1 aromatic heterocycles. The number of rotatable bonds is 7. The van der Waals surface area contributed by atoms with Crippen LogP contribution in [0.25, 0.3) is 0 Å². The summed E-state index contributed by atoms with van der Waals surface area (Å²) >= 11 is 0. The molecule has 0 saturated carbocycles. The van der Waals surface area contributed by atoms with Gasteiger partial charge in [-0.15, -0.1) is 0 Å². The average Bonchev–Trinajstić information content (AvgIpc) is 2.34. The van der Waals surface area contributed by atoms with Gasteiger partial charge in [-0.3, -0.25) is 4.79 Å². The molecule has 1 N–H and O–H groups in total. The zero-order valence-corrected chi connectivity index (χ0v) is 9.59. The minimum absolute atomic E-state index is 0.0680. The van der Waals surface area contributed by atoms with E-state index >= 15 is 0 Å². The Morgan fingerprint density at radius 1 is 1.50 bits per heavy atom. The molecule has 0 radical (unpaired) electrons. The second-order valence-corrected chi connectivity index (χ2v) is 3.60. The van der Waals surface area contributed by atoms with Crippen molar-refractivity contribution in [3.8, 4) is 0 Å². The Morgan fingerprint density at radius 2 is 2.31 bits per heavy atom. The van der Waals surface area contributed by atoms with Crippen LogP contribution < -0.4 is 4.90 Å². The van der Waals surface area contributed by atoms with Crippen LogP contribution in [-0.2, 0) is 0 Å². The van der Waals surface area contributed by atoms with Crippen LogP contribution in [0.3, 0.4) is 0 Å². The van der Waals surface area contributed by atoms with Crippen molar-refractivity contribution in [2.75, 3.05) is 24.6 Å². The molecule has 0 bridgehead atoms. The number of hydrogen-bond donors (Lipinski definition) is 1. The molecule has 1 rings (SSSR count). The number of aliphatic hydroxyl groups is 1. The third-order valence-corrected chi connectivity index (χ3v) is 2.39. The molecule has 0 fully saturated rings. The molecule has 0 aliphatic carbocycles. The molecule has 4 heteroatoms. The fraction of sp³-hybridized carbons (Fsp3) is 0.500. The fourth-order valence-electron chi connectivity index (χ4n) is 1.56. The van der Waals surface area contributed by atoms with Gasteiger partial charge in [0.25, 0.3) is 0 Å². The van der Waals surface area contributed by atoms with Crippen LogP contribution >= 0.6 is 0 Å². The first kappa shape index (κ1) is 12.6. The van der Waals surface area contributed by atoms with Gasteiger partial charge in [0.05, 0.1) is 12.2 Å². The van der Waals surface area contributed by atoms with Gasteiger partial charge < -0.3 is 10.0 Å². The van der Waals surface area contributed by atoms with E-state index in [0.29, 0.717) is 17.9 Å². The third kappa shape index (κ3) is 3.31. The molecule has 0 aliphatic rings. The number of carbonyl (C=O) groups is 1. The number of anilines is 1. The molecule has 1 heterocycles. The highest BCUT2D eigenvalue weighted by Gasteiger charge is 2.10. The van der Waals surface area contributed by atoms with Crippen molar-refractivity contribution in [1.29, 1.82) is 0 Å². The lowest BCUT2D eigenvalue weighted by atomic mass is 10.2. The lowest BCUT2D eigenvalue weighted by molar-refractivity contribution is 0.112. The molecule has 0 atom stereocenters. The molecule has 0 amide bonds. The van der Waals surface area contributed by atoms with Crippen LogP contribution in [0.1, 0.15) is 30.1 Å². The molecule has 88 valence electrons. The standard InChI is InChI=1S/C12H18N2O2/c1-2-3-7-14(8-9-15)12-11(10-16)5-4-6-13-12/h4-6,10,15H,2-3,7-9H2,1H3. The summed E-state index contributed by atoms with van der Waals surface area (Å²) in [5.41, 5.74) is 0.576. The monoisotopic (exact) mass is 222 g/mol. The van der Waals surface area contributed by atoms with Gasteiger partial charge in [-0.2, -0.15) is 0 Å². The first-order valence-electron chi connectivity index (χ1n) is 5.59. The van der Waals surface area contributed by atoms with E-state index in [0.717, 1.165) is 25.7 Å². The SMILES string of the molecule is CCCCN(CCO)c1ncccc1C=O. The van der Waals surface area contributed by atoms with Crippen molar-refractivity contribution in [2.24, 2.45) is 0 Å². The molecule has 0 aromatic carbocycles. The van der Waals surface area contributed by atoms with E-state index in [1.54, 1.807) is 18.3 Å². The predicted molar refractivity (Wildman–Crippen MR) is 63.8 cm³/mol. The van der Waals surface area contributed by atoms with Crippen molar-refractivity contribution in [3.63, 3.8) is 0 Å². The topological polar surface area (TPSA) is 53.4 Å². The maximum atomic E-state index is 10.9. The Kier molecular flexibility index (Phi) is 5.50. The van der Waals surface area contributed by atoms with E-state index in [-0.39, 0.29) is 6.61 Å². The largest absolute Gasteiger partial charge is 0.395 e. The van der Waals surface area contributed by atoms with Crippen LogP contribution in [0.15, 0.2) is 18.3 Å². The Bertz CT molecular complexity index is 329. The highest BCUT2D eigenvalue weighted by Crippen LogP contribution is 2.15. The summed E-state index contributed by atoms with van der Waals surface area (Å²) in [5, 5.41) is 9.00. The molecule has 16 heavy (non-hydrogen) atoms. The summed E-state index contributed by atoms with van der Waals surface area (Å²) in [5.74, 6) is 0.667. The highest BCUT2D eigenvalue weighted by molar-refractivity contribution is 5.82. The maximum Gasteiger partial charge on any atom is 0.153 e. The molecule has 0 unspecified atom stereocenters. The normalized spacial score (nSPS) is 10.1. The number of carbonyl (C=O) groups excluding carboxylic acids is 1. The van der Waals surface area contributed by atoms with Crippen molar-refractivity contribution < 1.29 is 9.90 Å². The number of nitrogens with zero attached hydrogens (tertiary/aromatic N) is 2. The Labute approximate surface area is 95.9 Å². The van der Waals surface area contributed by atoms with Gasteiger partial charge in [-0.25, -0.2) is 4.98 Å². The zero-order chi connectivity index (χ0) is 11.8. The first-order chi connectivity index (χ1) is 7.83. The first-order valence-corrected chi connectivity index (χ1v) is 5.59. The van der Waals surface area contributed by atoms with E-state index in [9.17, 15) is 4.79 Å². The summed E-state index contributed by atoms with van der Waals surface area (Å²) in [6.07, 6.45) is 4.57. The smallest absolute Gasteiger partial charge is 0.153 e. The Hall–Kier alpha value is -1.42. The van der Waals surface area contributed by atoms with E-state index in [1.807, 2.05) is 4.90 Å². The minimum Gasteiger partial charge on any atom is -0.395 e. The Morgan fingerprint density at radius 3 is 2.94 bits per heavy atom. The summed E-state index contributed by atoms with van der Waals surface area (Å²) in [4.78, 5) is 17.0. The Balaban J connectivity index is 2.85. The average molecular weight is 222 g/mol.